The molecule has 8 heteroatoms. The molecule has 0 N–H and O–H groups in total. The molecule has 0 aromatic heterocycles. The largest absolute Gasteiger partial charge is 0.392 e. The second kappa shape index (κ2) is 7.73. The lowest BCUT2D eigenvalue weighted by molar-refractivity contribution is -0.552. The Labute approximate surface area is 181 Å². The Balaban J connectivity index is 1.47. The molecule has 1 aromatic carbocycles. The Morgan fingerprint density at radius 1 is 1.13 bits per heavy atom. The van der Waals surface area contributed by atoms with Crippen LogP contribution in [0.5, 0.6) is 0 Å². The Morgan fingerprint density at radius 3 is 2.55 bits per heavy atom. The van der Waals surface area contributed by atoms with Gasteiger partial charge in [-0.05, 0) is 30.5 Å². The summed E-state index contributed by atoms with van der Waals surface area (Å²) in [5.41, 5.74) is 0.718. The number of carbonyl (C=O) groups is 2. The van der Waals surface area contributed by atoms with Gasteiger partial charge >= 0.3 is 12.0 Å². The number of urea groups is 1. The zero-order chi connectivity index (χ0) is 21.7. The average molecular weight is 427 g/mol. The van der Waals surface area contributed by atoms with Crippen LogP contribution in [0, 0.1) is 11.7 Å². The molecule has 1 aliphatic carbocycles. The third-order valence-electron chi connectivity index (χ3n) is 6.93. The smallest absolute Gasteiger partial charge is 0.270 e. The van der Waals surface area contributed by atoms with Gasteiger partial charge < -0.3 is 0 Å². The van der Waals surface area contributed by atoms with Crippen molar-refractivity contribution in [2.24, 2.45) is 10.9 Å². The van der Waals surface area contributed by atoms with Gasteiger partial charge in [0.25, 0.3) is 5.91 Å². The Morgan fingerprint density at radius 2 is 1.84 bits per heavy atom. The van der Waals surface area contributed by atoms with Gasteiger partial charge in [-0.25, -0.2) is 13.8 Å². The van der Waals surface area contributed by atoms with Crippen LogP contribution < -0.4 is 0 Å². The van der Waals surface area contributed by atoms with Crippen molar-refractivity contribution in [1.82, 2.24) is 14.7 Å². The zero-order valence-electron chi connectivity index (χ0n) is 18.1. The molecule has 2 fully saturated rings. The van der Waals surface area contributed by atoms with E-state index < -0.39 is 6.04 Å². The first-order valence-corrected chi connectivity index (χ1v) is 11.3. The van der Waals surface area contributed by atoms with E-state index in [1.165, 1.54) is 41.2 Å². The minimum atomic E-state index is -0.577. The van der Waals surface area contributed by atoms with E-state index in [9.17, 15) is 14.0 Å². The van der Waals surface area contributed by atoms with Crippen molar-refractivity contribution >= 4 is 23.7 Å². The monoisotopic (exact) mass is 426 g/mol. The predicted molar refractivity (Wildman–Crippen MR) is 114 cm³/mol. The first kappa shape index (κ1) is 20.2. The quantitative estimate of drug-likeness (QED) is 0.699. The number of halogens is 1. The highest BCUT2D eigenvalue weighted by Gasteiger charge is 2.55. The maximum absolute atomic E-state index is 13.5. The lowest BCUT2D eigenvalue weighted by Crippen LogP contribution is -2.63. The number of likely N-dealkylation sites (N-methyl/N-ethyl adjacent to an activating group) is 1. The standard InChI is InChI=1S/C23H29FN5O2/c1-15-12-27(18-6-4-3-5-7-18)22-25-20-19(28(22)13-15)21(30)29(23(31)26(20)2)14-16-8-10-17(24)11-9-16/h8-11,15,18-19H,3-7,12-14H2,1-2H3/q+1. The van der Waals surface area contributed by atoms with E-state index in [1.54, 1.807) is 19.2 Å². The Kier molecular flexibility index (Phi) is 5.02. The van der Waals surface area contributed by atoms with Gasteiger partial charge in [0.2, 0.25) is 11.9 Å². The normalized spacial score (nSPS) is 26.9. The van der Waals surface area contributed by atoms with Crippen molar-refractivity contribution in [2.45, 2.75) is 57.7 Å². The van der Waals surface area contributed by atoms with Crippen LogP contribution in [-0.4, -0.2) is 75.2 Å². The number of guanidine groups is 1. The number of rotatable bonds is 3. The molecule has 0 spiro atoms. The highest BCUT2D eigenvalue weighted by Crippen LogP contribution is 2.30. The Hall–Kier alpha value is -2.77. The fourth-order valence-corrected chi connectivity index (χ4v) is 5.36. The van der Waals surface area contributed by atoms with Crippen molar-refractivity contribution in [3.63, 3.8) is 0 Å². The number of benzene rings is 1. The van der Waals surface area contributed by atoms with Crippen LogP contribution in [0.3, 0.4) is 0 Å². The van der Waals surface area contributed by atoms with Crippen molar-refractivity contribution in [3.8, 4) is 0 Å². The van der Waals surface area contributed by atoms with E-state index in [4.69, 9.17) is 4.99 Å². The summed E-state index contributed by atoms with van der Waals surface area (Å²) < 4.78 is 15.4. The SMILES string of the molecule is CC1CN(C2CCCCC2)C2=[N+](C1)C1C(=O)N(Cc3ccc(F)cc3)C(=O)N(C)C1=N2. The van der Waals surface area contributed by atoms with E-state index in [2.05, 4.69) is 16.4 Å². The number of fused-ring (bicyclic) bond motifs is 2. The van der Waals surface area contributed by atoms with Gasteiger partial charge in [-0.1, -0.05) is 43.3 Å². The molecular weight excluding hydrogens is 397 g/mol. The van der Waals surface area contributed by atoms with Crippen molar-refractivity contribution in [3.05, 3.63) is 35.6 Å². The number of amidine groups is 1. The minimum Gasteiger partial charge on any atom is -0.270 e. The maximum atomic E-state index is 13.5. The second-order valence-corrected chi connectivity index (χ2v) is 9.27. The molecular formula is C23H29FN5O2+. The van der Waals surface area contributed by atoms with E-state index in [-0.39, 0.29) is 24.3 Å². The van der Waals surface area contributed by atoms with E-state index in [0.717, 1.165) is 37.5 Å². The number of carbonyl (C=O) groups excluding carboxylic acids is 2. The van der Waals surface area contributed by atoms with Crippen LogP contribution in [0.15, 0.2) is 29.3 Å². The predicted octanol–water partition coefficient (Wildman–Crippen LogP) is 2.65. The summed E-state index contributed by atoms with van der Waals surface area (Å²) in [7, 11) is 1.69. The molecule has 31 heavy (non-hydrogen) atoms. The van der Waals surface area contributed by atoms with Crippen molar-refractivity contribution in [2.75, 3.05) is 20.1 Å². The van der Waals surface area contributed by atoms with Crippen LogP contribution in [0.2, 0.25) is 0 Å². The lowest BCUT2D eigenvalue weighted by Gasteiger charge is -2.37. The van der Waals surface area contributed by atoms with Crippen LogP contribution in [-0.2, 0) is 11.3 Å². The summed E-state index contributed by atoms with van der Waals surface area (Å²) in [5, 5.41) is 0. The summed E-state index contributed by atoms with van der Waals surface area (Å²) in [5.74, 6) is 1.18. The molecule has 5 rings (SSSR count). The lowest BCUT2D eigenvalue weighted by atomic mass is 9.93. The van der Waals surface area contributed by atoms with Gasteiger partial charge in [0.05, 0.1) is 25.7 Å². The highest BCUT2D eigenvalue weighted by atomic mass is 19.1. The molecule has 3 amide bonds. The van der Waals surface area contributed by atoms with Crippen LogP contribution in [0.25, 0.3) is 0 Å². The van der Waals surface area contributed by atoms with Crippen LogP contribution in [0.1, 0.15) is 44.6 Å². The fourth-order valence-electron chi connectivity index (χ4n) is 5.36. The average Bonchev–Trinajstić information content (AvgIpc) is 3.16. The minimum absolute atomic E-state index is 0.122. The topological polar surface area (TPSA) is 59.2 Å². The first-order valence-electron chi connectivity index (χ1n) is 11.3. The van der Waals surface area contributed by atoms with Gasteiger partial charge in [0.1, 0.15) is 5.82 Å². The highest BCUT2D eigenvalue weighted by molar-refractivity contribution is 6.22. The molecule has 1 saturated carbocycles. The summed E-state index contributed by atoms with van der Waals surface area (Å²) in [6.07, 6.45) is 6.04. The summed E-state index contributed by atoms with van der Waals surface area (Å²) in [4.78, 5) is 36.6. The number of imide groups is 1. The molecule has 0 bridgehead atoms. The number of nitrogens with zero attached hydrogens (tertiary/aromatic N) is 5. The van der Waals surface area contributed by atoms with E-state index >= 15 is 0 Å². The molecule has 1 aromatic rings. The van der Waals surface area contributed by atoms with Crippen molar-refractivity contribution < 1.29 is 18.6 Å². The van der Waals surface area contributed by atoms with Gasteiger partial charge in [-0.2, -0.15) is 0 Å². The summed E-state index contributed by atoms with van der Waals surface area (Å²) in [6, 6.07) is 5.40. The zero-order valence-corrected chi connectivity index (χ0v) is 18.1. The van der Waals surface area contributed by atoms with E-state index in [1.807, 2.05) is 0 Å². The van der Waals surface area contributed by atoms with Gasteiger partial charge in [-0.15, -0.1) is 0 Å². The molecule has 2 atom stereocenters. The van der Waals surface area contributed by atoms with E-state index in [0.29, 0.717) is 17.8 Å². The second-order valence-electron chi connectivity index (χ2n) is 9.27. The van der Waals surface area contributed by atoms with Crippen LogP contribution in [0.4, 0.5) is 9.18 Å². The fraction of sp³-hybridized carbons (Fsp3) is 0.565. The third-order valence-corrected chi connectivity index (χ3v) is 6.93. The molecule has 164 valence electrons. The molecule has 4 aliphatic rings. The third kappa shape index (κ3) is 3.42. The number of amides is 3. The molecule has 7 nitrogen and oxygen atoms in total. The number of aliphatic imine (C=N–C) groups is 1. The number of hydrogen-bond acceptors (Lipinski definition) is 4. The summed E-state index contributed by atoms with van der Waals surface area (Å²) >= 11 is 0. The maximum Gasteiger partial charge on any atom is 0.392 e. The van der Waals surface area contributed by atoms with Crippen molar-refractivity contribution in [1.29, 1.82) is 0 Å². The van der Waals surface area contributed by atoms with Gasteiger partial charge in [0.15, 0.2) is 0 Å². The molecule has 1 saturated heterocycles. The van der Waals surface area contributed by atoms with Gasteiger partial charge in [0, 0.05) is 13.0 Å². The molecule has 3 heterocycles. The Bertz CT molecular complexity index is 967. The molecule has 3 aliphatic heterocycles. The van der Waals surface area contributed by atoms with Gasteiger partial charge in [-0.3, -0.25) is 19.5 Å². The summed E-state index contributed by atoms with van der Waals surface area (Å²) in [6.45, 7) is 4.01. The first-order chi connectivity index (χ1) is 14.9. The number of hydrogen-bond donors (Lipinski definition) is 0. The molecule has 2 unspecified atom stereocenters. The van der Waals surface area contributed by atoms with Crippen LogP contribution >= 0.6 is 0 Å². The molecule has 0 radical (unpaired) electrons.